The monoisotopic (exact) mass is 327 g/mol. The average molecular weight is 328 g/mol. The van der Waals surface area contributed by atoms with Crippen molar-refractivity contribution in [1.29, 1.82) is 0 Å². The summed E-state index contributed by atoms with van der Waals surface area (Å²) in [4.78, 5) is 16.6. The molecule has 0 spiro atoms. The Labute approximate surface area is 116 Å². The van der Waals surface area contributed by atoms with Crippen LogP contribution in [-0.4, -0.2) is 17.0 Å². The Bertz CT molecular complexity index is 559. The van der Waals surface area contributed by atoms with Crippen LogP contribution >= 0.6 is 27.3 Å². The lowest BCUT2D eigenvalue weighted by Gasteiger charge is -2.18. The van der Waals surface area contributed by atoms with Gasteiger partial charge in [-0.3, -0.25) is 10.1 Å². The predicted octanol–water partition coefficient (Wildman–Crippen LogP) is 3.45. The number of hydrogen-bond acceptors (Lipinski definition) is 5. The first-order valence-electron chi connectivity index (χ1n) is 5.10. The van der Waals surface area contributed by atoms with Crippen molar-refractivity contribution in [2.45, 2.75) is 6.54 Å². The fourth-order valence-electron chi connectivity index (χ4n) is 1.61. The smallest absolute Gasteiger partial charge is 0.293 e. The average Bonchev–Trinajstić information content (AvgIpc) is 2.81. The maximum atomic E-state index is 11.0. The molecule has 5 nitrogen and oxygen atoms in total. The van der Waals surface area contributed by atoms with Gasteiger partial charge in [0.2, 0.25) is 0 Å². The molecule has 0 atom stereocenters. The van der Waals surface area contributed by atoms with Gasteiger partial charge in [-0.2, -0.15) is 0 Å². The van der Waals surface area contributed by atoms with E-state index in [-0.39, 0.29) is 10.6 Å². The Morgan fingerprint density at radius 1 is 1.56 bits per heavy atom. The number of halogens is 1. The van der Waals surface area contributed by atoms with Gasteiger partial charge in [-0.05, 0) is 12.1 Å². The molecular weight excluding hydrogens is 318 g/mol. The van der Waals surface area contributed by atoms with Gasteiger partial charge in [0.25, 0.3) is 5.69 Å². The van der Waals surface area contributed by atoms with Crippen molar-refractivity contribution in [3.63, 3.8) is 0 Å². The number of nitrogens with zero attached hydrogens (tertiary/aromatic N) is 3. The fourth-order valence-corrected chi connectivity index (χ4v) is 2.51. The highest BCUT2D eigenvalue weighted by molar-refractivity contribution is 9.10. The summed E-state index contributed by atoms with van der Waals surface area (Å²) >= 11 is 4.75. The van der Waals surface area contributed by atoms with Gasteiger partial charge >= 0.3 is 0 Å². The third kappa shape index (κ3) is 2.85. The molecule has 1 aromatic carbocycles. The van der Waals surface area contributed by atoms with Crippen molar-refractivity contribution in [1.82, 2.24) is 4.98 Å². The molecule has 1 aromatic heterocycles. The van der Waals surface area contributed by atoms with E-state index in [4.69, 9.17) is 0 Å². The Hall–Kier alpha value is -1.47. The summed E-state index contributed by atoms with van der Waals surface area (Å²) in [6.45, 7) is 0.548. The second-order valence-electron chi connectivity index (χ2n) is 3.73. The van der Waals surface area contributed by atoms with E-state index in [1.54, 1.807) is 17.6 Å². The highest BCUT2D eigenvalue weighted by Gasteiger charge is 2.17. The molecule has 2 aromatic rings. The Morgan fingerprint density at radius 2 is 2.33 bits per heavy atom. The van der Waals surface area contributed by atoms with E-state index in [0.717, 1.165) is 5.69 Å². The van der Waals surface area contributed by atoms with Crippen molar-refractivity contribution in [3.05, 3.63) is 49.4 Å². The topological polar surface area (TPSA) is 59.3 Å². The van der Waals surface area contributed by atoms with Gasteiger partial charge in [-0.1, -0.05) is 15.9 Å². The lowest BCUT2D eigenvalue weighted by molar-refractivity contribution is -0.384. The van der Waals surface area contributed by atoms with Crippen LogP contribution in [0.25, 0.3) is 0 Å². The highest BCUT2D eigenvalue weighted by Crippen LogP contribution is 2.31. The summed E-state index contributed by atoms with van der Waals surface area (Å²) < 4.78 is 0.694. The van der Waals surface area contributed by atoms with Crippen LogP contribution in [0.4, 0.5) is 11.4 Å². The lowest BCUT2D eigenvalue weighted by atomic mass is 10.2. The largest absolute Gasteiger partial charge is 0.363 e. The van der Waals surface area contributed by atoms with E-state index in [9.17, 15) is 10.1 Å². The minimum atomic E-state index is -0.377. The van der Waals surface area contributed by atoms with Gasteiger partial charge in [0.15, 0.2) is 0 Å². The predicted molar refractivity (Wildman–Crippen MR) is 75.0 cm³/mol. The molecule has 0 N–H and O–H groups in total. The van der Waals surface area contributed by atoms with Crippen LogP contribution in [0, 0.1) is 10.1 Å². The van der Waals surface area contributed by atoms with Gasteiger partial charge in [0.1, 0.15) is 5.69 Å². The molecule has 2 rings (SSSR count). The standard InChI is InChI=1S/C11H10BrN3O2S/c1-14(5-9-6-18-7-13-9)10-3-2-8(12)4-11(10)15(16)17/h2-4,6-7H,5H2,1H3. The molecule has 0 aliphatic rings. The van der Waals surface area contributed by atoms with E-state index in [2.05, 4.69) is 20.9 Å². The van der Waals surface area contributed by atoms with Crippen molar-refractivity contribution in [2.24, 2.45) is 0 Å². The minimum Gasteiger partial charge on any atom is -0.363 e. The van der Waals surface area contributed by atoms with Crippen LogP contribution in [0.2, 0.25) is 0 Å². The molecule has 18 heavy (non-hydrogen) atoms. The molecule has 7 heteroatoms. The molecule has 0 aliphatic carbocycles. The number of rotatable bonds is 4. The van der Waals surface area contributed by atoms with Gasteiger partial charge < -0.3 is 4.90 Å². The third-order valence-electron chi connectivity index (χ3n) is 2.43. The summed E-state index contributed by atoms with van der Waals surface area (Å²) in [5.74, 6) is 0. The second kappa shape index (κ2) is 5.45. The van der Waals surface area contributed by atoms with Gasteiger partial charge in [-0.15, -0.1) is 11.3 Å². The zero-order valence-corrected chi connectivity index (χ0v) is 11.9. The summed E-state index contributed by atoms with van der Waals surface area (Å²) in [5.41, 5.74) is 3.32. The van der Waals surface area contributed by atoms with Crippen LogP contribution < -0.4 is 4.90 Å². The van der Waals surface area contributed by atoms with E-state index >= 15 is 0 Å². The van der Waals surface area contributed by atoms with Crippen LogP contribution in [0.1, 0.15) is 5.69 Å². The number of nitro groups is 1. The maximum Gasteiger partial charge on any atom is 0.293 e. The number of hydrogen-bond donors (Lipinski definition) is 0. The molecule has 94 valence electrons. The quantitative estimate of drug-likeness (QED) is 0.637. The number of nitro benzene ring substituents is 1. The molecule has 0 aliphatic heterocycles. The molecule has 0 saturated carbocycles. The van der Waals surface area contributed by atoms with Crippen molar-refractivity contribution in [2.75, 3.05) is 11.9 Å². The Kier molecular flexibility index (Phi) is 3.93. The van der Waals surface area contributed by atoms with Gasteiger partial charge in [-0.25, -0.2) is 4.98 Å². The summed E-state index contributed by atoms with van der Waals surface area (Å²) in [6.07, 6.45) is 0. The number of aromatic nitrogens is 1. The van der Waals surface area contributed by atoms with Gasteiger partial charge in [0, 0.05) is 23.0 Å². The maximum absolute atomic E-state index is 11.0. The summed E-state index contributed by atoms with van der Waals surface area (Å²) in [6, 6.07) is 5.03. The van der Waals surface area contributed by atoms with Crippen molar-refractivity contribution >= 4 is 38.6 Å². The van der Waals surface area contributed by atoms with Crippen LogP contribution in [0.5, 0.6) is 0 Å². The molecule has 0 bridgehead atoms. The van der Waals surface area contributed by atoms with E-state index in [1.165, 1.54) is 17.4 Å². The minimum absolute atomic E-state index is 0.0853. The van der Waals surface area contributed by atoms with Crippen molar-refractivity contribution in [3.8, 4) is 0 Å². The zero-order valence-electron chi connectivity index (χ0n) is 9.54. The summed E-state index contributed by atoms with van der Waals surface area (Å²) in [5, 5.41) is 13.0. The molecule has 0 amide bonds. The Morgan fingerprint density at radius 3 is 2.94 bits per heavy atom. The molecule has 0 unspecified atom stereocenters. The number of thiazole rings is 1. The fraction of sp³-hybridized carbons (Fsp3) is 0.182. The molecule has 0 radical (unpaired) electrons. The molecule has 0 saturated heterocycles. The first-order chi connectivity index (χ1) is 8.58. The first-order valence-corrected chi connectivity index (χ1v) is 6.83. The van der Waals surface area contributed by atoms with E-state index < -0.39 is 0 Å². The van der Waals surface area contributed by atoms with Crippen LogP contribution in [0.15, 0.2) is 33.6 Å². The lowest BCUT2D eigenvalue weighted by Crippen LogP contribution is -2.17. The molecular formula is C11H10BrN3O2S. The van der Waals surface area contributed by atoms with Gasteiger partial charge in [0.05, 0.1) is 22.7 Å². The van der Waals surface area contributed by atoms with Crippen LogP contribution in [-0.2, 0) is 6.54 Å². The van der Waals surface area contributed by atoms with Crippen LogP contribution in [0.3, 0.4) is 0 Å². The first kappa shape index (κ1) is 13.0. The Balaban J connectivity index is 2.29. The SMILES string of the molecule is CN(Cc1cscn1)c1ccc(Br)cc1[N+](=O)[O-]. The normalized spacial score (nSPS) is 10.3. The highest BCUT2D eigenvalue weighted by atomic mass is 79.9. The van der Waals surface area contributed by atoms with E-state index in [0.29, 0.717) is 16.7 Å². The zero-order chi connectivity index (χ0) is 13.1. The number of benzene rings is 1. The second-order valence-corrected chi connectivity index (χ2v) is 5.36. The van der Waals surface area contributed by atoms with Crippen molar-refractivity contribution < 1.29 is 4.92 Å². The molecule has 1 heterocycles. The number of anilines is 1. The molecule has 0 fully saturated rings. The van der Waals surface area contributed by atoms with E-state index in [1.807, 2.05) is 17.3 Å². The third-order valence-corrected chi connectivity index (χ3v) is 3.56. The summed E-state index contributed by atoms with van der Waals surface area (Å²) in [7, 11) is 1.82.